The van der Waals surface area contributed by atoms with Gasteiger partial charge in [0.25, 0.3) is 0 Å². The lowest BCUT2D eigenvalue weighted by molar-refractivity contribution is 0.416. The van der Waals surface area contributed by atoms with Crippen LogP contribution >= 0.6 is 0 Å². The molecule has 0 aliphatic rings. The molecular formula is C13H9FN2O. The molecule has 0 N–H and O–H groups in total. The van der Waals surface area contributed by atoms with Crippen LogP contribution in [0.3, 0.4) is 0 Å². The van der Waals surface area contributed by atoms with Gasteiger partial charge in [0, 0.05) is 17.8 Å². The Balaban J connectivity index is 2.61. The van der Waals surface area contributed by atoms with E-state index in [1.54, 1.807) is 18.2 Å². The Labute approximate surface area is 98.1 Å². The van der Waals surface area contributed by atoms with Gasteiger partial charge in [0.2, 0.25) is 0 Å². The number of nitrogens with zero attached hydrogens (tertiary/aromatic N) is 2. The molecular weight excluding hydrogens is 219 g/mol. The number of benzene rings is 1. The second-order valence-electron chi connectivity index (χ2n) is 3.39. The van der Waals surface area contributed by atoms with E-state index in [0.717, 1.165) is 0 Å². The van der Waals surface area contributed by atoms with Crippen molar-refractivity contribution in [2.24, 2.45) is 0 Å². The zero-order valence-electron chi connectivity index (χ0n) is 9.14. The molecule has 3 nitrogen and oxygen atoms in total. The van der Waals surface area contributed by atoms with Crippen LogP contribution in [0, 0.1) is 17.1 Å². The molecule has 1 aromatic carbocycles. The van der Waals surface area contributed by atoms with Gasteiger partial charge in [-0.15, -0.1) is 0 Å². The summed E-state index contributed by atoms with van der Waals surface area (Å²) in [4.78, 5) is 4.06. The van der Waals surface area contributed by atoms with Gasteiger partial charge in [-0.05, 0) is 24.3 Å². The van der Waals surface area contributed by atoms with E-state index in [9.17, 15) is 4.39 Å². The summed E-state index contributed by atoms with van der Waals surface area (Å²) in [5.74, 6) is 0.182. The van der Waals surface area contributed by atoms with Crippen molar-refractivity contribution in [1.29, 1.82) is 5.26 Å². The average molecular weight is 228 g/mol. The molecule has 1 aromatic heterocycles. The van der Waals surface area contributed by atoms with Gasteiger partial charge < -0.3 is 4.74 Å². The number of pyridine rings is 1. The first-order valence-electron chi connectivity index (χ1n) is 4.94. The number of rotatable bonds is 2. The van der Waals surface area contributed by atoms with Crippen molar-refractivity contribution in [3.63, 3.8) is 0 Å². The first-order valence-corrected chi connectivity index (χ1v) is 4.94. The van der Waals surface area contributed by atoms with Gasteiger partial charge >= 0.3 is 0 Å². The molecule has 2 rings (SSSR count). The maximum absolute atomic E-state index is 13.1. The fourth-order valence-corrected chi connectivity index (χ4v) is 1.53. The number of aromatic nitrogens is 1. The average Bonchev–Trinajstić information content (AvgIpc) is 2.38. The van der Waals surface area contributed by atoms with Crippen molar-refractivity contribution in [2.45, 2.75) is 0 Å². The first-order chi connectivity index (χ1) is 8.24. The lowest BCUT2D eigenvalue weighted by Gasteiger charge is -2.08. The fraction of sp³-hybridized carbons (Fsp3) is 0.0769. The summed E-state index contributed by atoms with van der Waals surface area (Å²) >= 11 is 0. The van der Waals surface area contributed by atoms with Gasteiger partial charge in [0.05, 0.1) is 24.4 Å². The van der Waals surface area contributed by atoms with E-state index < -0.39 is 0 Å². The lowest BCUT2D eigenvalue weighted by atomic mass is 10.1. The summed E-state index contributed by atoms with van der Waals surface area (Å²) in [6, 6.07) is 9.53. The first kappa shape index (κ1) is 11.1. The van der Waals surface area contributed by atoms with Crippen LogP contribution in [0.15, 0.2) is 36.5 Å². The van der Waals surface area contributed by atoms with E-state index in [1.165, 1.54) is 25.4 Å². The Morgan fingerprint density at radius 2 is 2.12 bits per heavy atom. The minimum Gasteiger partial charge on any atom is -0.496 e. The fourth-order valence-electron chi connectivity index (χ4n) is 1.53. The number of methoxy groups -OCH3 is 1. The van der Waals surface area contributed by atoms with E-state index in [-0.39, 0.29) is 5.82 Å². The predicted molar refractivity (Wildman–Crippen MR) is 60.9 cm³/mol. The van der Waals surface area contributed by atoms with Crippen LogP contribution in [-0.4, -0.2) is 12.1 Å². The van der Waals surface area contributed by atoms with E-state index in [1.807, 2.05) is 6.07 Å². The van der Waals surface area contributed by atoms with Crippen molar-refractivity contribution in [2.75, 3.05) is 7.11 Å². The van der Waals surface area contributed by atoms with E-state index in [4.69, 9.17) is 10.00 Å². The molecule has 0 amide bonds. The van der Waals surface area contributed by atoms with Gasteiger partial charge in [-0.25, -0.2) is 4.39 Å². The van der Waals surface area contributed by atoms with E-state index in [2.05, 4.69) is 4.98 Å². The quantitative estimate of drug-likeness (QED) is 0.793. The van der Waals surface area contributed by atoms with Crippen molar-refractivity contribution in [1.82, 2.24) is 4.98 Å². The number of hydrogen-bond acceptors (Lipinski definition) is 3. The number of hydrogen-bond donors (Lipinski definition) is 0. The summed E-state index contributed by atoms with van der Waals surface area (Å²) in [5, 5.41) is 8.84. The van der Waals surface area contributed by atoms with Gasteiger partial charge in [0.1, 0.15) is 11.6 Å². The van der Waals surface area contributed by atoms with Gasteiger partial charge in [-0.3, -0.25) is 4.98 Å². The SMILES string of the molecule is COc1ccc(C#N)cc1-c1cc(F)ccn1. The van der Waals surface area contributed by atoms with Crippen LogP contribution in [0.4, 0.5) is 4.39 Å². The highest BCUT2D eigenvalue weighted by atomic mass is 19.1. The molecule has 0 saturated heterocycles. The Hall–Kier alpha value is -2.41. The van der Waals surface area contributed by atoms with Crippen molar-refractivity contribution < 1.29 is 9.13 Å². The Bertz CT molecular complexity index is 590. The van der Waals surface area contributed by atoms with Crippen LogP contribution in [-0.2, 0) is 0 Å². The molecule has 0 bridgehead atoms. The van der Waals surface area contributed by atoms with Crippen LogP contribution in [0.2, 0.25) is 0 Å². The summed E-state index contributed by atoms with van der Waals surface area (Å²) in [5.41, 5.74) is 1.52. The molecule has 0 aliphatic carbocycles. The standard InChI is InChI=1S/C13H9FN2O/c1-17-13-3-2-9(8-15)6-11(13)12-7-10(14)4-5-16-12/h2-7H,1H3. The minimum atomic E-state index is -0.376. The van der Waals surface area contributed by atoms with E-state index >= 15 is 0 Å². The minimum absolute atomic E-state index is 0.376. The third kappa shape index (κ3) is 2.23. The van der Waals surface area contributed by atoms with Gasteiger partial charge in [-0.2, -0.15) is 5.26 Å². The third-order valence-corrected chi connectivity index (χ3v) is 2.33. The molecule has 84 valence electrons. The summed E-state index contributed by atoms with van der Waals surface area (Å²) < 4.78 is 18.3. The van der Waals surface area contributed by atoms with E-state index in [0.29, 0.717) is 22.6 Å². The molecule has 0 aliphatic heterocycles. The zero-order chi connectivity index (χ0) is 12.3. The van der Waals surface area contributed by atoms with Gasteiger partial charge in [-0.1, -0.05) is 0 Å². The topological polar surface area (TPSA) is 45.9 Å². The van der Waals surface area contributed by atoms with Crippen LogP contribution in [0.5, 0.6) is 5.75 Å². The summed E-state index contributed by atoms with van der Waals surface area (Å²) in [7, 11) is 1.52. The van der Waals surface area contributed by atoms with Crippen molar-refractivity contribution in [3.05, 3.63) is 47.9 Å². The third-order valence-electron chi connectivity index (χ3n) is 2.33. The summed E-state index contributed by atoms with van der Waals surface area (Å²) in [6.45, 7) is 0. The number of halogens is 1. The maximum Gasteiger partial charge on any atom is 0.128 e. The predicted octanol–water partition coefficient (Wildman–Crippen LogP) is 2.77. The molecule has 0 spiro atoms. The highest BCUT2D eigenvalue weighted by molar-refractivity contribution is 5.69. The normalized spacial score (nSPS) is 9.71. The molecule has 4 heteroatoms. The Morgan fingerprint density at radius 3 is 2.76 bits per heavy atom. The second-order valence-corrected chi connectivity index (χ2v) is 3.39. The molecule has 0 atom stereocenters. The van der Waals surface area contributed by atoms with Crippen LogP contribution < -0.4 is 4.74 Å². The molecule has 0 unspecified atom stereocenters. The maximum atomic E-state index is 13.1. The van der Waals surface area contributed by atoms with Crippen LogP contribution in [0.25, 0.3) is 11.3 Å². The Morgan fingerprint density at radius 1 is 1.29 bits per heavy atom. The molecule has 0 fully saturated rings. The van der Waals surface area contributed by atoms with Crippen molar-refractivity contribution >= 4 is 0 Å². The molecule has 2 aromatic rings. The highest BCUT2D eigenvalue weighted by Crippen LogP contribution is 2.29. The van der Waals surface area contributed by atoms with Crippen LogP contribution in [0.1, 0.15) is 5.56 Å². The monoisotopic (exact) mass is 228 g/mol. The van der Waals surface area contributed by atoms with Crippen molar-refractivity contribution in [3.8, 4) is 23.1 Å². The Kier molecular flexibility index (Phi) is 3.01. The largest absolute Gasteiger partial charge is 0.496 e. The highest BCUT2D eigenvalue weighted by Gasteiger charge is 2.09. The lowest BCUT2D eigenvalue weighted by Crippen LogP contribution is -1.91. The second kappa shape index (κ2) is 4.62. The number of ether oxygens (including phenoxy) is 1. The van der Waals surface area contributed by atoms with Gasteiger partial charge in [0.15, 0.2) is 0 Å². The molecule has 0 saturated carbocycles. The summed E-state index contributed by atoms with van der Waals surface area (Å²) in [6.07, 6.45) is 1.38. The molecule has 17 heavy (non-hydrogen) atoms. The zero-order valence-corrected chi connectivity index (χ0v) is 9.14. The molecule has 1 heterocycles. The number of nitriles is 1. The molecule has 0 radical (unpaired) electrons. The smallest absolute Gasteiger partial charge is 0.128 e.